The first-order chi connectivity index (χ1) is 14.1. The molecule has 2 aromatic heterocycles. The van der Waals surface area contributed by atoms with Crippen molar-refractivity contribution in [2.75, 3.05) is 6.61 Å². The molecular weight excluding hydrogens is 365 g/mol. The van der Waals surface area contributed by atoms with E-state index in [-0.39, 0.29) is 5.82 Å². The van der Waals surface area contributed by atoms with Crippen LogP contribution in [0.15, 0.2) is 54.9 Å². The SMILES string of the molecule is CCOc1cc(-c2ccc(F)cc2)cc2c(CC)nc(-c3cncc(C)c3)nc12. The molecule has 0 radical (unpaired) electrons. The smallest absolute Gasteiger partial charge is 0.161 e. The Hall–Kier alpha value is -3.34. The minimum atomic E-state index is -0.256. The van der Waals surface area contributed by atoms with Crippen LogP contribution >= 0.6 is 0 Å². The standard InChI is InChI=1S/C24H22FN3O/c1-4-21-20-11-17(16-6-8-19(25)9-7-16)12-22(29-5-2)23(20)28-24(27-21)18-10-15(3)13-26-14-18/h6-14H,4-5H2,1-3H3. The maximum absolute atomic E-state index is 13.4. The van der Waals surface area contributed by atoms with E-state index < -0.39 is 0 Å². The van der Waals surface area contributed by atoms with Crippen LogP contribution in [0.4, 0.5) is 4.39 Å². The van der Waals surface area contributed by atoms with Crippen LogP contribution in [0.2, 0.25) is 0 Å². The highest BCUT2D eigenvalue weighted by atomic mass is 19.1. The third-order valence-corrected chi connectivity index (χ3v) is 4.79. The Bertz CT molecular complexity index is 1170. The lowest BCUT2D eigenvalue weighted by Gasteiger charge is -2.14. The van der Waals surface area contributed by atoms with E-state index in [0.29, 0.717) is 18.2 Å². The number of hydrogen-bond acceptors (Lipinski definition) is 4. The summed E-state index contributed by atoms with van der Waals surface area (Å²) in [4.78, 5) is 13.9. The van der Waals surface area contributed by atoms with Crippen LogP contribution in [0.3, 0.4) is 0 Å². The monoisotopic (exact) mass is 387 g/mol. The van der Waals surface area contributed by atoms with Gasteiger partial charge in [0, 0.05) is 23.3 Å². The number of rotatable bonds is 5. The number of hydrogen-bond donors (Lipinski definition) is 0. The van der Waals surface area contributed by atoms with Gasteiger partial charge < -0.3 is 4.74 Å². The van der Waals surface area contributed by atoms with E-state index in [1.807, 2.05) is 32.2 Å². The summed E-state index contributed by atoms with van der Waals surface area (Å²) in [5, 5.41) is 0.946. The molecule has 0 fully saturated rings. The minimum absolute atomic E-state index is 0.256. The summed E-state index contributed by atoms with van der Waals surface area (Å²) in [5.41, 5.74) is 5.53. The number of fused-ring (bicyclic) bond motifs is 1. The lowest BCUT2D eigenvalue weighted by atomic mass is 10.0. The van der Waals surface area contributed by atoms with Gasteiger partial charge in [0.1, 0.15) is 17.1 Å². The van der Waals surface area contributed by atoms with Gasteiger partial charge in [-0.25, -0.2) is 14.4 Å². The summed E-state index contributed by atoms with van der Waals surface area (Å²) in [6.07, 6.45) is 4.34. The molecule has 0 N–H and O–H groups in total. The Labute approximate surface area is 169 Å². The zero-order chi connectivity index (χ0) is 20.4. The number of pyridine rings is 1. The first-order valence-electron chi connectivity index (χ1n) is 9.74. The molecule has 4 rings (SSSR count). The van der Waals surface area contributed by atoms with Crippen molar-refractivity contribution in [1.82, 2.24) is 15.0 Å². The summed E-state index contributed by atoms with van der Waals surface area (Å²) in [6.45, 7) is 6.54. The first-order valence-corrected chi connectivity index (χ1v) is 9.74. The van der Waals surface area contributed by atoms with Gasteiger partial charge in [-0.1, -0.05) is 19.1 Å². The average Bonchev–Trinajstić information content (AvgIpc) is 2.73. The second-order valence-corrected chi connectivity index (χ2v) is 6.91. The van der Waals surface area contributed by atoms with Crippen molar-refractivity contribution >= 4 is 10.9 Å². The Balaban J connectivity index is 1.96. The van der Waals surface area contributed by atoms with Crippen LogP contribution < -0.4 is 4.74 Å². The zero-order valence-corrected chi connectivity index (χ0v) is 16.7. The third-order valence-electron chi connectivity index (χ3n) is 4.79. The van der Waals surface area contributed by atoms with Crippen molar-refractivity contribution in [2.24, 2.45) is 0 Å². The lowest BCUT2D eigenvalue weighted by molar-refractivity contribution is 0.344. The number of ether oxygens (including phenoxy) is 1. The van der Waals surface area contributed by atoms with Gasteiger partial charge in [-0.2, -0.15) is 0 Å². The quantitative estimate of drug-likeness (QED) is 0.436. The molecule has 0 aliphatic heterocycles. The molecule has 0 unspecified atom stereocenters. The number of aromatic nitrogens is 3. The van der Waals surface area contributed by atoms with Gasteiger partial charge in [0.05, 0.1) is 12.3 Å². The summed E-state index contributed by atoms with van der Waals surface area (Å²) in [6, 6.07) is 12.5. The van der Waals surface area contributed by atoms with Crippen molar-refractivity contribution < 1.29 is 9.13 Å². The van der Waals surface area contributed by atoms with E-state index in [2.05, 4.69) is 18.0 Å². The van der Waals surface area contributed by atoms with Gasteiger partial charge in [-0.05, 0) is 67.3 Å². The van der Waals surface area contributed by atoms with Gasteiger partial charge in [0.15, 0.2) is 5.82 Å². The number of halogens is 1. The zero-order valence-electron chi connectivity index (χ0n) is 16.7. The normalized spacial score (nSPS) is 11.0. The van der Waals surface area contributed by atoms with Crippen LogP contribution in [-0.2, 0) is 6.42 Å². The molecule has 0 bridgehead atoms. The highest BCUT2D eigenvalue weighted by molar-refractivity contribution is 5.92. The largest absolute Gasteiger partial charge is 0.492 e. The summed E-state index contributed by atoms with van der Waals surface area (Å²) < 4.78 is 19.3. The fraction of sp³-hybridized carbons (Fsp3) is 0.208. The van der Waals surface area contributed by atoms with Crippen LogP contribution in [0.25, 0.3) is 33.4 Å². The molecule has 0 saturated heterocycles. The maximum Gasteiger partial charge on any atom is 0.161 e. The van der Waals surface area contributed by atoms with E-state index in [0.717, 1.165) is 45.3 Å². The molecule has 0 spiro atoms. The van der Waals surface area contributed by atoms with Crippen molar-refractivity contribution in [3.05, 3.63) is 71.9 Å². The molecule has 0 aliphatic rings. The van der Waals surface area contributed by atoms with Crippen LogP contribution in [-0.4, -0.2) is 21.6 Å². The van der Waals surface area contributed by atoms with Crippen LogP contribution in [0.1, 0.15) is 25.1 Å². The molecule has 4 nitrogen and oxygen atoms in total. The molecule has 2 heterocycles. The molecule has 0 amide bonds. The van der Waals surface area contributed by atoms with Gasteiger partial charge in [0.25, 0.3) is 0 Å². The molecule has 0 atom stereocenters. The van der Waals surface area contributed by atoms with E-state index in [9.17, 15) is 4.39 Å². The van der Waals surface area contributed by atoms with E-state index in [4.69, 9.17) is 14.7 Å². The Kier molecular flexibility index (Phi) is 5.21. The van der Waals surface area contributed by atoms with E-state index in [1.165, 1.54) is 12.1 Å². The third kappa shape index (κ3) is 3.81. The van der Waals surface area contributed by atoms with Gasteiger partial charge in [-0.15, -0.1) is 0 Å². The maximum atomic E-state index is 13.4. The Morgan fingerprint density at radius 1 is 0.897 bits per heavy atom. The topological polar surface area (TPSA) is 47.9 Å². The van der Waals surface area contributed by atoms with Crippen molar-refractivity contribution in [2.45, 2.75) is 27.2 Å². The fourth-order valence-electron chi connectivity index (χ4n) is 3.41. The van der Waals surface area contributed by atoms with Crippen molar-refractivity contribution in [3.8, 4) is 28.3 Å². The highest BCUT2D eigenvalue weighted by Crippen LogP contribution is 2.34. The molecule has 0 aliphatic carbocycles. The average molecular weight is 387 g/mol. The van der Waals surface area contributed by atoms with Gasteiger partial charge >= 0.3 is 0 Å². The second-order valence-electron chi connectivity index (χ2n) is 6.91. The predicted molar refractivity (Wildman–Crippen MR) is 113 cm³/mol. The van der Waals surface area contributed by atoms with Gasteiger partial charge in [0.2, 0.25) is 0 Å². The Morgan fingerprint density at radius 2 is 1.69 bits per heavy atom. The van der Waals surface area contributed by atoms with Crippen molar-refractivity contribution in [3.63, 3.8) is 0 Å². The van der Waals surface area contributed by atoms with Gasteiger partial charge in [-0.3, -0.25) is 4.98 Å². The second kappa shape index (κ2) is 7.95. The summed E-state index contributed by atoms with van der Waals surface area (Å²) >= 11 is 0. The highest BCUT2D eigenvalue weighted by Gasteiger charge is 2.15. The molecular formula is C24H22FN3O. The summed E-state index contributed by atoms with van der Waals surface area (Å²) in [7, 11) is 0. The van der Waals surface area contributed by atoms with E-state index >= 15 is 0 Å². The Morgan fingerprint density at radius 3 is 2.38 bits per heavy atom. The fourth-order valence-corrected chi connectivity index (χ4v) is 3.41. The minimum Gasteiger partial charge on any atom is -0.492 e. The molecule has 5 heteroatoms. The number of nitrogens with zero attached hydrogens (tertiary/aromatic N) is 3. The van der Waals surface area contributed by atoms with Crippen LogP contribution in [0.5, 0.6) is 5.75 Å². The van der Waals surface area contributed by atoms with Crippen LogP contribution in [0, 0.1) is 12.7 Å². The molecule has 0 saturated carbocycles. The molecule has 2 aromatic carbocycles. The molecule has 29 heavy (non-hydrogen) atoms. The summed E-state index contributed by atoms with van der Waals surface area (Å²) in [5.74, 6) is 1.08. The van der Waals surface area contributed by atoms with E-state index in [1.54, 1.807) is 18.3 Å². The lowest BCUT2D eigenvalue weighted by Crippen LogP contribution is -2.01. The number of benzene rings is 2. The molecule has 146 valence electrons. The predicted octanol–water partition coefficient (Wildman–Crippen LogP) is 5.77. The van der Waals surface area contributed by atoms with Crippen molar-refractivity contribution in [1.29, 1.82) is 0 Å². The molecule has 4 aromatic rings. The first kappa shape index (κ1) is 19.0. The number of aryl methyl sites for hydroxylation is 2.